The van der Waals surface area contributed by atoms with E-state index in [1.54, 1.807) is 0 Å². The van der Waals surface area contributed by atoms with Crippen molar-refractivity contribution in [1.29, 1.82) is 0 Å². The van der Waals surface area contributed by atoms with Gasteiger partial charge in [0.1, 0.15) is 5.04 Å². The average molecular weight is 349 g/mol. The van der Waals surface area contributed by atoms with Gasteiger partial charge in [-0.15, -0.1) is 0 Å². The van der Waals surface area contributed by atoms with Crippen LogP contribution in [0.5, 0.6) is 0 Å². The number of likely N-dealkylation sites (tertiary alicyclic amines) is 1. The zero-order chi connectivity index (χ0) is 14.9. The molecule has 21 heavy (non-hydrogen) atoms. The summed E-state index contributed by atoms with van der Waals surface area (Å²) in [5.41, 5.74) is 0.887. The van der Waals surface area contributed by atoms with Gasteiger partial charge in [-0.05, 0) is 12.8 Å². The second-order valence-corrected chi connectivity index (χ2v) is 8.57. The molecule has 9 heteroatoms. The summed E-state index contributed by atoms with van der Waals surface area (Å²) in [5, 5.41) is 1.22. The van der Waals surface area contributed by atoms with Crippen molar-refractivity contribution in [2.45, 2.75) is 12.8 Å². The van der Waals surface area contributed by atoms with Gasteiger partial charge in [0.2, 0.25) is 9.80 Å². The monoisotopic (exact) mass is 348 g/mol. The van der Waals surface area contributed by atoms with Crippen LogP contribution in [0.2, 0.25) is 0 Å². The van der Waals surface area contributed by atoms with E-state index in [9.17, 15) is 14.0 Å². The topological polar surface area (TPSA) is 94.0 Å². The number of aliphatic imine (C=N–C) groups is 1. The average Bonchev–Trinajstić information content (AvgIpc) is 3.06. The molecule has 0 spiro atoms. The Morgan fingerprint density at radius 3 is 2.43 bits per heavy atom. The molecule has 0 N–H and O–H groups in total. The highest BCUT2D eigenvalue weighted by Gasteiger charge is 2.35. The maximum atomic E-state index is 10.9. The summed E-state index contributed by atoms with van der Waals surface area (Å²) in [6.07, 6.45) is 2.06. The lowest BCUT2D eigenvalue weighted by Gasteiger charge is -2.15. The van der Waals surface area contributed by atoms with Gasteiger partial charge >= 0.3 is 0 Å². The third-order valence-electron chi connectivity index (χ3n) is 3.03. The second kappa shape index (κ2) is 6.35. The summed E-state index contributed by atoms with van der Waals surface area (Å²) in [5.74, 6) is 0. The number of hydrogen-bond donors (Lipinski definition) is 0. The SMILES string of the molecule is [O-][Cl+3]([O-])([O-])OS1=C(N2CCCC2)N=C(c2ccccc2)S1. The van der Waals surface area contributed by atoms with Crippen molar-refractivity contribution in [1.82, 2.24) is 4.90 Å². The molecule has 1 saturated heterocycles. The van der Waals surface area contributed by atoms with Crippen LogP contribution in [0.3, 0.4) is 0 Å². The Balaban J connectivity index is 1.88. The summed E-state index contributed by atoms with van der Waals surface area (Å²) in [6, 6.07) is 9.45. The van der Waals surface area contributed by atoms with Crippen LogP contribution in [0.25, 0.3) is 0 Å². The maximum Gasteiger partial charge on any atom is 0.211 e. The maximum absolute atomic E-state index is 10.9. The molecule has 0 aromatic heterocycles. The van der Waals surface area contributed by atoms with Crippen molar-refractivity contribution in [2.75, 3.05) is 13.1 Å². The van der Waals surface area contributed by atoms with Gasteiger partial charge < -0.3 is 0 Å². The van der Waals surface area contributed by atoms with Crippen molar-refractivity contribution in [2.24, 2.45) is 4.99 Å². The van der Waals surface area contributed by atoms with Gasteiger partial charge in [-0.3, -0.25) is 4.90 Å². The van der Waals surface area contributed by atoms with E-state index in [2.05, 4.69) is 8.73 Å². The molecule has 0 radical (unpaired) electrons. The summed E-state index contributed by atoms with van der Waals surface area (Å²) in [6.45, 7) is 1.62. The van der Waals surface area contributed by atoms with Crippen LogP contribution >= 0.6 is 20.6 Å². The molecule has 1 unspecified atom stereocenters. The molecular formula is C12H13ClN2O4S2. The highest BCUT2D eigenvalue weighted by Crippen LogP contribution is 2.44. The van der Waals surface area contributed by atoms with Crippen LogP contribution < -0.4 is 14.0 Å². The number of rotatable bonds is 3. The fourth-order valence-electron chi connectivity index (χ4n) is 2.14. The number of halogens is 1. The molecule has 3 rings (SSSR count). The molecule has 0 saturated carbocycles. The number of hydrogen-bond acceptors (Lipinski definition) is 7. The standard InChI is InChI=1S/C12H13ClN2O4S2/c16-13(17,18)19-21-12(15-8-4-5-9-15)14-11(20-21)10-6-2-1-3-7-10/h1-3,6-7H,4-5,8-9H2. The van der Waals surface area contributed by atoms with E-state index in [1.807, 2.05) is 35.2 Å². The Morgan fingerprint density at radius 2 is 1.81 bits per heavy atom. The normalized spacial score (nSPS) is 23.7. The molecule has 0 bridgehead atoms. The zero-order valence-electron chi connectivity index (χ0n) is 10.9. The first-order valence-electron chi connectivity index (χ1n) is 6.32. The molecule has 1 fully saturated rings. The minimum absolute atomic E-state index is 0.545. The summed E-state index contributed by atoms with van der Waals surface area (Å²) in [7, 11) is -4.51. The molecule has 0 amide bonds. The quantitative estimate of drug-likeness (QED) is 0.533. The second-order valence-electron chi connectivity index (χ2n) is 4.52. The van der Waals surface area contributed by atoms with Crippen LogP contribution in [-0.2, 0) is 3.74 Å². The lowest BCUT2D eigenvalue weighted by Crippen LogP contribution is -2.60. The summed E-state index contributed by atoms with van der Waals surface area (Å²) >= 11 is 0. The van der Waals surface area contributed by atoms with Gasteiger partial charge in [-0.1, -0.05) is 30.3 Å². The zero-order valence-corrected chi connectivity index (χ0v) is 13.3. The minimum atomic E-state index is -4.47. The fourth-order valence-corrected chi connectivity index (χ4v) is 6.50. The van der Waals surface area contributed by atoms with Crippen molar-refractivity contribution in [3.63, 3.8) is 0 Å². The van der Waals surface area contributed by atoms with E-state index in [-0.39, 0.29) is 0 Å². The van der Waals surface area contributed by atoms with E-state index in [0.29, 0.717) is 10.2 Å². The van der Waals surface area contributed by atoms with Gasteiger partial charge in [-0.25, -0.2) is 4.99 Å². The van der Waals surface area contributed by atoms with Crippen LogP contribution in [0.1, 0.15) is 18.4 Å². The van der Waals surface area contributed by atoms with Crippen molar-refractivity contribution in [3.8, 4) is 0 Å². The van der Waals surface area contributed by atoms with Crippen molar-refractivity contribution < 1.29 is 28.0 Å². The minimum Gasteiger partial charge on any atom is -0.251 e. The van der Waals surface area contributed by atoms with Gasteiger partial charge in [0.25, 0.3) is 0 Å². The molecule has 2 aliphatic rings. The van der Waals surface area contributed by atoms with E-state index in [4.69, 9.17) is 0 Å². The molecule has 114 valence electrons. The molecular weight excluding hydrogens is 336 g/mol. The summed E-state index contributed by atoms with van der Waals surface area (Å²) in [4.78, 5) is 6.50. The van der Waals surface area contributed by atoms with Gasteiger partial charge in [-0.2, -0.15) is 14.0 Å². The Kier molecular flexibility index (Phi) is 4.67. The first kappa shape index (κ1) is 15.4. The fraction of sp³-hybridized carbons (Fsp3) is 0.333. The van der Waals surface area contributed by atoms with Crippen molar-refractivity contribution in [3.05, 3.63) is 35.9 Å². The third-order valence-corrected chi connectivity index (χ3v) is 7.23. The molecule has 0 aliphatic carbocycles. The molecule has 2 heterocycles. The highest BCUT2D eigenvalue weighted by atomic mass is 35.7. The van der Waals surface area contributed by atoms with Gasteiger partial charge in [0.05, 0.1) is 10.2 Å². The van der Waals surface area contributed by atoms with Crippen LogP contribution in [0, 0.1) is 10.2 Å². The van der Waals surface area contributed by atoms with E-state index in [0.717, 1.165) is 31.5 Å². The molecule has 2 aliphatic heterocycles. The molecule has 6 nitrogen and oxygen atoms in total. The van der Waals surface area contributed by atoms with E-state index >= 15 is 0 Å². The smallest absolute Gasteiger partial charge is 0.211 e. The lowest BCUT2D eigenvalue weighted by atomic mass is 10.2. The first-order valence-corrected chi connectivity index (χ1v) is 10.0. The predicted molar refractivity (Wildman–Crippen MR) is 75.1 cm³/mol. The Morgan fingerprint density at radius 1 is 1.14 bits per heavy atom. The van der Waals surface area contributed by atoms with Crippen LogP contribution in [0.15, 0.2) is 35.3 Å². The Bertz CT molecular complexity index is 583. The lowest BCUT2D eigenvalue weighted by molar-refractivity contribution is -1.91. The Hall–Kier alpha value is -0.450. The largest absolute Gasteiger partial charge is 0.251 e. The first-order chi connectivity index (χ1) is 10.0. The predicted octanol–water partition coefficient (Wildman–Crippen LogP) is -0.624. The highest BCUT2D eigenvalue weighted by molar-refractivity contribution is 8.87. The number of nitrogens with zero attached hydrogens (tertiary/aromatic N) is 2. The van der Waals surface area contributed by atoms with Crippen molar-refractivity contribution >= 4 is 30.7 Å². The van der Waals surface area contributed by atoms with E-state index in [1.165, 1.54) is 10.8 Å². The molecule has 1 aromatic rings. The number of benzene rings is 1. The third kappa shape index (κ3) is 3.85. The van der Waals surface area contributed by atoms with Crippen LogP contribution in [0.4, 0.5) is 0 Å². The van der Waals surface area contributed by atoms with E-state index < -0.39 is 20.0 Å². The Labute approximate surface area is 130 Å². The van der Waals surface area contributed by atoms with Crippen LogP contribution in [-0.4, -0.2) is 28.1 Å². The molecule has 1 aromatic carbocycles. The van der Waals surface area contributed by atoms with Gasteiger partial charge in [0, 0.05) is 29.4 Å². The summed E-state index contributed by atoms with van der Waals surface area (Å²) < 4.78 is 37.4. The molecule has 1 atom stereocenters. The van der Waals surface area contributed by atoms with Gasteiger partial charge in [0.15, 0.2) is 8.85 Å².